The van der Waals surface area contributed by atoms with Crippen molar-refractivity contribution in [3.8, 4) is 5.75 Å². The minimum atomic E-state index is -1.16. The number of benzene rings is 1. The lowest BCUT2D eigenvalue weighted by Crippen LogP contribution is -2.54. The Morgan fingerprint density at radius 3 is 2.37 bits per heavy atom. The van der Waals surface area contributed by atoms with E-state index in [0.29, 0.717) is 25.7 Å². The number of rotatable bonds is 9. The minimum Gasteiger partial charge on any atom is -0.501 e. The van der Waals surface area contributed by atoms with E-state index < -0.39 is 46.1 Å². The average Bonchev–Trinajstić information content (AvgIpc) is 3.20. The molecular weight excluding hydrogens is 579 g/mol. The van der Waals surface area contributed by atoms with E-state index in [4.69, 9.17) is 11.6 Å². The normalized spacial score (nSPS) is 20.8. The zero-order chi connectivity index (χ0) is 31.7. The summed E-state index contributed by atoms with van der Waals surface area (Å²) in [4.78, 5) is 62.4. The van der Waals surface area contributed by atoms with Crippen molar-refractivity contribution in [1.29, 1.82) is 0 Å². The first-order valence-corrected chi connectivity index (χ1v) is 14.8. The van der Waals surface area contributed by atoms with Crippen LogP contribution in [0.25, 0.3) is 0 Å². The Kier molecular flexibility index (Phi) is 9.51. The second-order valence-corrected chi connectivity index (χ2v) is 12.7. The van der Waals surface area contributed by atoms with Crippen molar-refractivity contribution < 1.29 is 23.9 Å². The lowest BCUT2D eigenvalue weighted by atomic mass is 9.66. The number of unbranched alkanes of at least 4 members (excludes halogenated alkanes) is 1. The second kappa shape index (κ2) is 12.6. The number of carbonyl (C=O) groups excluding carboxylic acids is 3. The Labute approximate surface area is 255 Å². The molecule has 2 aliphatic heterocycles. The summed E-state index contributed by atoms with van der Waals surface area (Å²) in [6, 6.07) is 4.37. The van der Waals surface area contributed by atoms with Crippen LogP contribution >= 0.6 is 11.6 Å². The standard InChI is InChI=1S/C30H40ClFN6O5/c1-35(2)16-7-6-11-29-12-14-30(15-13-29,37(5)27(43)26(42)36(3)4)28-34-22(23(39)25(41)38(28)18-29)24(40)33-17-19-9-8-10-20(31)21(19)32/h8-10,39H,6-7,11-18H2,1-5H3,(H,33,40). The van der Waals surface area contributed by atoms with Gasteiger partial charge in [0.15, 0.2) is 5.69 Å². The molecule has 0 unspecified atom stereocenters. The Bertz CT molecular complexity index is 1470. The van der Waals surface area contributed by atoms with Crippen LogP contribution in [-0.2, 0) is 28.2 Å². The lowest BCUT2D eigenvalue weighted by molar-refractivity contribution is -0.155. The highest BCUT2D eigenvalue weighted by Gasteiger charge is 2.54. The molecule has 234 valence electrons. The third kappa shape index (κ3) is 6.26. The minimum absolute atomic E-state index is 0.107. The van der Waals surface area contributed by atoms with Crippen molar-refractivity contribution in [2.75, 3.05) is 41.8 Å². The summed E-state index contributed by atoms with van der Waals surface area (Å²) >= 11 is 5.85. The van der Waals surface area contributed by atoms with Gasteiger partial charge in [0.1, 0.15) is 17.2 Å². The molecule has 3 aliphatic rings. The molecule has 2 N–H and O–H groups in total. The number of amides is 3. The van der Waals surface area contributed by atoms with E-state index in [1.54, 1.807) is 0 Å². The van der Waals surface area contributed by atoms with Gasteiger partial charge in [0, 0.05) is 39.8 Å². The van der Waals surface area contributed by atoms with Gasteiger partial charge in [0.25, 0.3) is 11.5 Å². The van der Waals surface area contributed by atoms with Crippen molar-refractivity contribution >= 4 is 29.3 Å². The van der Waals surface area contributed by atoms with Crippen LogP contribution in [0, 0.1) is 11.2 Å². The van der Waals surface area contributed by atoms with Crippen LogP contribution in [-0.4, -0.2) is 88.9 Å². The van der Waals surface area contributed by atoms with Crippen molar-refractivity contribution in [3.05, 3.63) is 56.5 Å². The van der Waals surface area contributed by atoms with Crippen LogP contribution in [0.1, 0.15) is 66.8 Å². The van der Waals surface area contributed by atoms with Gasteiger partial charge in [-0.15, -0.1) is 0 Å². The van der Waals surface area contributed by atoms with E-state index in [0.717, 1.165) is 25.8 Å². The summed E-state index contributed by atoms with van der Waals surface area (Å²) in [5.74, 6) is -3.74. The highest BCUT2D eigenvalue weighted by atomic mass is 35.5. The number of hydrogen-bond donors (Lipinski definition) is 2. The van der Waals surface area contributed by atoms with Crippen LogP contribution in [0.3, 0.4) is 0 Å². The molecule has 0 radical (unpaired) electrons. The van der Waals surface area contributed by atoms with E-state index in [1.165, 1.54) is 53.7 Å². The number of likely N-dealkylation sites (N-methyl/N-ethyl adjacent to an activating group) is 2. The fourth-order valence-electron chi connectivity index (χ4n) is 6.33. The molecule has 1 aliphatic carbocycles. The molecule has 5 rings (SSSR count). The number of hydrogen-bond acceptors (Lipinski definition) is 7. The quantitative estimate of drug-likeness (QED) is 0.327. The Morgan fingerprint density at radius 1 is 1.07 bits per heavy atom. The number of nitrogens with one attached hydrogen (secondary N) is 1. The molecule has 1 aromatic heterocycles. The predicted octanol–water partition coefficient (Wildman–Crippen LogP) is 2.72. The smallest absolute Gasteiger partial charge is 0.312 e. The van der Waals surface area contributed by atoms with Gasteiger partial charge in [-0.1, -0.05) is 30.2 Å². The summed E-state index contributed by atoms with van der Waals surface area (Å²) in [6.07, 6.45) is 4.94. The van der Waals surface area contributed by atoms with E-state index in [-0.39, 0.29) is 34.9 Å². The molecule has 11 nitrogen and oxygen atoms in total. The summed E-state index contributed by atoms with van der Waals surface area (Å²) < 4.78 is 15.8. The molecule has 2 bridgehead atoms. The summed E-state index contributed by atoms with van der Waals surface area (Å²) in [5.41, 5.74) is -2.64. The van der Waals surface area contributed by atoms with Crippen LogP contribution in [0.2, 0.25) is 5.02 Å². The maximum Gasteiger partial charge on any atom is 0.312 e. The predicted molar refractivity (Wildman–Crippen MR) is 159 cm³/mol. The number of carbonyl (C=O) groups is 3. The monoisotopic (exact) mass is 618 g/mol. The average molecular weight is 619 g/mol. The summed E-state index contributed by atoms with van der Waals surface area (Å²) in [7, 11) is 8.52. The number of halogens is 2. The molecule has 43 heavy (non-hydrogen) atoms. The maximum atomic E-state index is 14.4. The number of aromatic nitrogens is 2. The van der Waals surface area contributed by atoms with Crippen LogP contribution in [0.15, 0.2) is 23.0 Å². The zero-order valence-corrected chi connectivity index (χ0v) is 26.1. The van der Waals surface area contributed by atoms with Crippen LogP contribution in [0.4, 0.5) is 4.39 Å². The molecule has 1 aromatic carbocycles. The number of aromatic hydroxyl groups is 1. The Balaban J connectivity index is 1.76. The van der Waals surface area contributed by atoms with Gasteiger partial charge in [-0.25, -0.2) is 9.37 Å². The number of nitrogens with zero attached hydrogens (tertiary/aromatic N) is 5. The van der Waals surface area contributed by atoms with E-state index in [1.807, 2.05) is 14.1 Å². The van der Waals surface area contributed by atoms with Gasteiger partial charge >= 0.3 is 11.8 Å². The fraction of sp³-hybridized carbons (Fsp3) is 0.567. The molecule has 3 heterocycles. The van der Waals surface area contributed by atoms with Crippen molar-refractivity contribution in [2.24, 2.45) is 5.41 Å². The molecular formula is C30H40ClFN6O5. The highest BCUT2D eigenvalue weighted by molar-refractivity contribution is 6.34. The van der Waals surface area contributed by atoms with Crippen molar-refractivity contribution in [1.82, 2.24) is 29.6 Å². The molecule has 1 saturated carbocycles. The SMILES string of the molecule is CN(C)CCCCC12CCC(N(C)C(=O)C(=O)N(C)C)(CC1)c1nc(C(=O)NCc3cccc(Cl)c3F)c(O)c(=O)n1C2. The molecule has 0 atom stereocenters. The topological polar surface area (TPSA) is 128 Å². The first kappa shape index (κ1) is 32.4. The van der Waals surface area contributed by atoms with Gasteiger partial charge in [-0.05, 0) is 70.6 Å². The van der Waals surface area contributed by atoms with Gasteiger partial charge < -0.3 is 25.1 Å². The number of fused-ring (bicyclic) bond motifs is 2. The summed E-state index contributed by atoms with van der Waals surface area (Å²) in [5, 5.41) is 13.4. The molecule has 0 saturated heterocycles. The van der Waals surface area contributed by atoms with Crippen molar-refractivity contribution in [3.63, 3.8) is 0 Å². The van der Waals surface area contributed by atoms with E-state index in [2.05, 4.69) is 15.2 Å². The van der Waals surface area contributed by atoms with Crippen molar-refractivity contribution in [2.45, 2.75) is 63.6 Å². The second-order valence-electron chi connectivity index (χ2n) is 12.3. The van der Waals surface area contributed by atoms with Crippen LogP contribution < -0.4 is 10.9 Å². The molecule has 0 spiro atoms. The van der Waals surface area contributed by atoms with E-state index >= 15 is 0 Å². The van der Waals surface area contributed by atoms with Crippen LogP contribution in [0.5, 0.6) is 5.75 Å². The zero-order valence-electron chi connectivity index (χ0n) is 25.4. The Hall–Kier alpha value is -3.51. The first-order valence-electron chi connectivity index (χ1n) is 14.4. The third-order valence-electron chi connectivity index (χ3n) is 8.98. The molecule has 2 aromatic rings. The largest absolute Gasteiger partial charge is 0.501 e. The Morgan fingerprint density at radius 2 is 1.74 bits per heavy atom. The summed E-state index contributed by atoms with van der Waals surface area (Å²) in [6.45, 7) is 0.937. The van der Waals surface area contributed by atoms with Gasteiger partial charge in [-0.2, -0.15) is 0 Å². The van der Waals surface area contributed by atoms with E-state index in [9.17, 15) is 28.7 Å². The molecule has 3 amide bonds. The highest BCUT2D eigenvalue weighted by Crippen LogP contribution is 2.54. The lowest BCUT2D eigenvalue weighted by Gasteiger charge is -2.46. The third-order valence-corrected chi connectivity index (χ3v) is 9.27. The molecule has 1 fully saturated rings. The fourth-order valence-corrected chi connectivity index (χ4v) is 6.53. The molecule has 13 heteroatoms. The van der Waals surface area contributed by atoms with Gasteiger partial charge in [-0.3, -0.25) is 23.7 Å². The maximum absolute atomic E-state index is 14.4. The van der Waals surface area contributed by atoms with Gasteiger partial charge in [0.2, 0.25) is 5.75 Å². The van der Waals surface area contributed by atoms with Gasteiger partial charge in [0.05, 0.1) is 5.02 Å². The first-order chi connectivity index (χ1) is 20.2.